The fourth-order valence-corrected chi connectivity index (χ4v) is 2.20. The van der Waals surface area contributed by atoms with Gasteiger partial charge in [-0.1, -0.05) is 12.1 Å². The molecule has 2 rings (SSSR count). The van der Waals surface area contributed by atoms with Crippen LogP contribution in [-0.4, -0.2) is 36.9 Å². The Morgan fingerprint density at radius 1 is 1.37 bits per heavy atom. The van der Waals surface area contributed by atoms with Crippen molar-refractivity contribution < 1.29 is 19.4 Å². The molecule has 1 aliphatic rings. The van der Waals surface area contributed by atoms with Crippen molar-refractivity contribution in [1.29, 1.82) is 0 Å². The van der Waals surface area contributed by atoms with Crippen LogP contribution in [0.2, 0.25) is 0 Å². The second-order valence-electron chi connectivity index (χ2n) is 4.70. The summed E-state index contributed by atoms with van der Waals surface area (Å²) >= 11 is 0. The summed E-state index contributed by atoms with van der Waals surface area (Å²) in [5, 5.41) is 12.6. The van der Waals surface area contributed by atoms with Gasteiger partial charge in [-0.05, 0) is 30.5 Å². The first-order valence-electron chi connectivity index (χ1n) is 6.35. The summed E-state index contributed by atoms with van der Waals surface area (Å²) in [5.74, 6) is -0.00734. The average Bonchev–Trinajstić information content (AvgIpc) is 2.46. The molecule has 5 nitrogen and oxygen atoms in total. The summed E-state index contributed by atoms with van der Waals surface area (Å²) in [5.41, 5.74) is 0.172. The molecule has 1 saturated heterocycles. The topological polar surface area (TPSA) is 67.8 Å². The highest BCUT2D eigenvalue weighted by Crippen LogP contribution is 2.22. The predicted octanol–water partition coefficient (Wildman–Crippen LogP) is 1.42. The van der Waals surface area contributed by atoms with E-state index >= 15 is 0 Å². The summed E-state index contributed by atoms with van der Waals surface area (Å²) in [6, 6.07) is 7.60. The lowest BCUT2D eigenvalue weighted by atomic mass is 9.90. The quantitative estimate of drug-likeness (QED) is 0.842. The molecule has 1 aromatic carbocycles. The van der Waals surface area contributed by atoms with Gasteiger partial charge in [-0.25, -0.2) is 0 Å². The van der Waals surface area contributed by atoms with Crippen LogP contribution in [0.5, 0.6) is 5.75 Å². The van der Waals surface area contributed by atoms with Gasteiger partial charge in [0.1, 0.15) is 11.3 Å². The minimum absolute atomic E-state index is 0.488. The average molecular weight is 265 g/mol. The van der Waals surface area contributed by atoms with E-state index < -0.39 is 11.5 Å². The Labute approximate surface area is 112 Å². The van der Waals surface area contributed by atoms with Gasteiger partial charge >= 0.3 is 5.97 Å². The lowest BCUT2D eigenvalue weighted by Crippen LogP contribution is -2.55. The van der Waals surface area contributed by atoms with E-state index in [-0.39, 0.29) is 0 Å². The molecule has 0 amide bonds. The second kappa shape index (κ2) is 6.04. The number of carboxylic acids is 1. The minimum atomic E-state index is -0.863. The Kier molecular flexibility index (Phi) is 4.39. The molecule has 1 aromatic rings. The van der Waals surface area contributed by atoms with Crippen LogP contribution >= 0.6 is 0 Å². The normalized spacial score (nSPS) is 17.9. The van der Waals surface area contributed by atoms with Gasteiger partial charge in [0.15, 0.2) is 0 Å². The fraction of sp³-hybridized carbons (Fsp3) is 0.500. The van der Waals surface area contributed by atoms with Gasteiger partial charge in [0.05, 0.1) is 7.11 Å². The van der Waals surface area contributed by atoms with Crippen molar-refractivity contribution >= 4 is 5.97 Å². The lowest BCUT2D eigenvalue weighted by Gasteiger charge is -2.34. The molecule has 0 radical (unpaired) electrons. The molecule has 1 fully saturated rings. The number of carbonyl (C=O) groups is 1. The zero-order valence-electron chi connectivity index (χ0n) is 11.0. The highest BCUT2D eigenvalue weighted by molar-refractivity contribution is 5.78. The Morgan fingerprint density at radius 2 is 2.00 bits per heavy atom. The Balaban J connectivity index is 2.00. The zero-order valence-corrected chi connectivity index (χ0v) is 11.0. The number of methoxy groups -OCH3 is 1. The first-order chi connectivity index (χ1) is 9.16. The number of aliphatic carboxylic acids is 1. The standard InChI is InChI=1S/C14H19NO4/c1-18-12-4-2-11(3-5-12)10-15-14(13(16)17)6-8-19-9-7-14/h2-5,15H,6-10H2,1H3,(H,16,17). The maximum Gasteiger partial charge on any atom is 0.324 e. The third-order valence-electron chi connectivity index (χ3n) is 3.55. The molecule has 19 heavy (non-hydrogen) atoms. The van der Waals surface area contributed by atoms with Crippen molar-refractivity contribution in [2.24, 2.45) is 0 Å². The van der Waals surface area contributed by atoms with E-state index in [9.17, 15) is 9.90 Å². The molecule has 0 bridgehead atoms. The van der Waals surface area contributed by atoms with E-state index in [1.54, 1.807) is 7.11 Å². The molecule has 0 saturated carbocycles. The molecule has 1 aliphatic heterocycles. The maximum atomic E-state index is 11.5. The Morgan fingerprint density at radius 3 is 2.53 bits per heavy atom. The summed E-state index contributed by atoms with van der Waals surface area (Å²) in [6.45, 7) is 1.50. The van der Waals surface area contributed by atoms with E-state index in [0.29, 0.717) is 32.6 Å². The highest BCUT2D eigenvalue weighted by Gasteiger charge is 2.39. The van der Waals surface area contributed by atoms with Crippen LogP contribution in [0, 0.1) is 0 Å². The first-order valence-corrected chi connectivity index (χ1v) is 6.35. The Hall–Kier alpha value is -1.59. The van der Waals surface area contributed by atoms with E-state index in [1.165, 1.54) is 0 Å². The molecule has 0 aromatic heterocycles. The van der Waals surface area contributed by atoms with Gasteiger partial charge in [-0.2, -0.15) is 0 Å². The SMILES string of the molecule is COc1ccc(CNC2(C(=O)O)CCOCC2)cc1. The predicted molar refractivity (Wildman–Crippen MR) is 70.3 cm³/mol. The number of hydrogen-bond acceptors (Lipinski definition) is 4. The maximum absolute atomic E-state index is 11.5. The number of carboxylic acid groups (broad SMARTS) is 1. The van der Waals surface area contributed by atoms with Crippen LogP contribution in [0.1, 0.15) is 18.4 Å². The minimum Gasteiger partial charge on any atom is -0.497 e. The van der Waals surface area contributed by atoms with E-state index in [4.69, 9.17) is 9.47 Å². The van der Waals surface area contributed by atoms with Gasteiger partial charge in [0.25, 0.3) is 0 Å². The summed E-state index contributed by atoms with van der Waals surface area (Å²) in [7, 11) is 1.62. The third kappa shape index (κ3) is 3.24. The number of nitrogens with one attached hydrogen (secondary N) is 1. The van der Waals surface area contributed by atoms with Crippen molar-refractivity contribution in [3.63, 3.8) is 0 Å². The largest absolute Gasteiger partial charge is 0.497 e. The van der Waals surface area contributed by atoms with Crippen LogP contribution in [0.4, 0.5) is 0 Å². The van der Waals surface area contributed by atoms with Crippen LogP contribution in [0.3, 0.4) is 0 Å². The molecule has 5 heteroatoms. The van der Waals surface area contributed by atoms with Crippen molar-refractivity contribution in [3.05, 3.63) is 29.8 Å². The highest BCUT2D eigenvalue weighted by atomic mass is 16.5. The molecule has 0 unspecified atom stereocenters. The van der Waals surface area contributed by atoms with E-state index in [0.717, 1.165) is 11.3 Å². The summed E-state index contributed by atoms with van der Waals surface area (Å²) in [4.78, 5) is 11.5. The number of hydrogen-bond donors (Lipinski definition) is 2. The van der Waals surface area contributed by atoms with Crippen molar-refractivity contribution in [2.45, 2.75) is 24.9 Å². The van der Waals surface area contributed by atoms with Gasteiger partial charge in [-0.3, -0.25) is 10.1 Å². The van der Waals surface area contributed by atoms with E-state index in [1.807, 2.05) is 24.3 Å². The zero-order chi connectivity index (χ0) is 13.7. The molecule has 104 valence electrons. The number of ether oxygens (including phenoxy) is 2. The van der Waals surface area contributed by atoms with Crippen LogP contribution in [-0.2, 0) is 16.1 Å². The smallest absolute Gasteiger partial charge is 0.324 e. The van der Waals surface area contributed by atoms with Gasteiger partial charge in [-0.15, -0.1) is 0 Å². The third-order valence-corrected chi connectivity index (χ3v) is 3.55. The van der Waals surface area contributed by atoms with Crippen LogP contribution in [0.25, 0.3) is 0 Å². The van der Waals surface area contributed by atoms with Gasteiger partial charge in [0, 0.05) is 19.8 Å². The van der Waals surface area contributed by atoms with Crippen molar-refractivity contribution in [3.8, 4) is 5.75 Å². The molecule has 0 spiro atoms. The fourth-order valence-electron chi connectivity index (χ4n) is 2.20. The number of rotatable bonds is 5. The van der Waals surface area contributed by atoms with E-state index in [2.05, 4.69) is 5.32 Å². The summed E-state index contributed by atoms with van der Waals surface area (Å²) < 4.78 is 10.3. The van der Waals surface area contributed by atoms with Crippen molar-refractivity contribution in [2.75, 3.05) is 20.3 Å². The Bertz CT molecular complexity index is 424. The molecular formula is C14H19NO4. The molecular weight excluding hydrogens is 246 g/mol. The van der Waals surface area contributed by atoms with Crippen molar-refractivity contribution in [1.82, 2.24) is 5.32 Å². The lowest BCUT2D eigenvalue weighted by molar-refractivity contribution is -0.149. The first kappa shape index (κ1) is 13.8. The van der Waals surface area contributed by atoms with Gasteiger partial charge < -0.3 is 14.6 Å². The molecule has 2 N–H and O–H groups in total. The second-order valence-corrected chi connectivity index (χ2v) is 4.70. The molecule has 1 heterocycles. The monoisotopic (exact) mass is 265 g/mol. The molecule has 0 aliphatic carbocycles. The van der Waals surface area contributed by atoms with Crippen LogP contribution < -0.4 is 10.1 Å². The summed E-state index contributed by atoms with van der Waals surface area (Å²) in [6.07, 6.45) is 0.997. The van der Waals surface area contributed by atoms with Crippen LogP contribution in [0.15, 0.2) is 24.3 Å². The van der Waals surface area contributed by atoms with Gasteiger partial charge in [0.2, 0.25) is 0 Å². The molecule has 0 atom stereocenters. The number of benzene rings is 1.